The molecular weight excluding hydrogens is 482 g/mol. The number of anilines is 1. The average molecular weight is 508 g/mol. The Morgan fingerprint density at radius 1 is 1.14 bits per heavy atom. The van der Waals surface area contributed by atoms with E-state index in [9.17, 15) is 14.4 Å². The van der Waals surface area contributed by atoms with Crippen LogP contribution in [0.4, 0.5) is 5.69 Å². The van der Waals surface area contributed by atoms with Crippen LogP contribution in [-0.2, 0) is 24.3 Å². The normalized spacial score (nSPS) is 12.2. The maximum absolute atomic E-state index is 13.5. The summed E-state index contributed by atoms with van der Waals surface area (Å²) in [6, 6.07) is 10.1. The zero-order chi connectivity index (χ0) is 25.9. The number of nitrogens with one attached hydrogen (secondary N) is 1. The minimum Gasteiger partial charge on any atom is -0.492 e. The highest BCUT2D eigenvalue weighted by atomic mass is 16.7. The molecule has 0 spiro atoms. The van der Waals surface area contributed by atoms with E-state index in [1.807, 2.05) is 6.92 Å². The summed E-state index contributed by atoms with van der Waals surface area (Å²) < 4.78 is 23.9. The van der Waals surface area contributed by atoms with Crippen LogP contribution in [0, 0.1) is 6.92 Å². The second-order valence-electron chi connectivity index (χ2n) is 8.36. The van der Waals surface area contributed by atoms with E-state index < -0.39 is 17.2 Å². The molecule has 0 bridgehead atoms. The Kier molecular flexibility index (Phi) is 6.62. The van der Waals surface area contributed by atoms with Crippen LogP contribution in [0.15, 0.2) is 50.5 Å². The van der Waals surface area contributed by atoms with Gasteiger partial charge in [0.15, 0.2) is 17.3 Å². The number of amides is 1. The molecule has 2 aromatic carbocycles. The summed E-state index contributed by atoms with van der Waals surface area (Å²) in [7, 11) is 0. The zero-order valence-corrected chi connectivity index (χ0v) is 20.4. The van der Waals surface area contributed by atoms with E-state index >= 15 is 0 Å². The summed E-state index contributed by atoms with van der Waals surface area (Å²) in [5, 5.41) is 6.78. The fraction of sp³-hybridized carbons (Fsp3) is 0.320. The van der Waals surface area contributed by atoms with Crippen LogP contribution in [0.3, 0.4) is 0 Å². The molecule has 1 aliphatic rings. The van der Waals surface area contributed by atoms with Crippen LogP contribution < -0.4 is 30.8 Å². The molecule has 192 valence electrons. The number of hydrogen-bond donors (Lipinski definition) is 1. The second-order valence-corrected chi connectivity index (χ2v) is 8.36. The number of ether oxygens (including phenoxy) is 3. The monoisotopic (exact) mass is 507 g/mol. The van der Waals surface area contributed by atoms with Gasteiger partial charge in [-0.05, 0) is 38.5 Å². The van der Waals surface area contributed by atoms with E-state index in [1.165, 1.54) is 10.6 Å². The molecule has 0 unspecified atom stereocenters. The predicted molar refractivity (Wildman–Crippen MR) is 132 cm³/mol. The van der Waals surface area contributed by atoms with Gasteiger partial charge in [0.25, 0.3) is 5.56 Å². The lowest BCUT2D eigenvalue weighted by molar-refractivity contribution is -0.116. The molecular formula is C25H25N5O7. The first kappa shape index (κ1) is 24.1. The lowest BCUT2D eigenvalue weighted by atomic mass is 10.2. The van der Waals surface area contributed by atoms with Crippen molar-refractivity contribution in [2.45, 2.75) is 39.8 Å². The Bertz CT molecular complexity index is 1590. The summed E-state index contributed by atoms with van der Waals surface area (Å²) in [6.07, 6.45) is 0.793. The van der Waals surface area contributed by atoms with Crippen LogP contribution in [0.25, 0.3) is 10.9 Å². The van der Waals surface area contributed by atoms with Crippen molar-refractivity contribution in [3.8, 4) is 17.2 Å². The molecule has 1 amide bonds. The first-order chi connectivity index (χ1) is 17.9. The highest BCUT2D eigenvalue weighted by Crippen LogP contribution is 2.34. The standard InChI is InChI=1S/C25H25N5O7/c1-3-34-19-8-5-4-7-17(19)27-22(31)13-30-18-12-21-20(35-14-36-21)11-16(18)24(32)29(25(30)33)10-6-9-23-26-15(2)28-37-23/h4-5,7-8,11-12H,3,6,9-10,13-14H2,1-2H3,(H,27,31). The third kappa shape index (κ3) is 4.90. The van der Waals surface area contributed by atoms with Gasteiger partial charge in [-0.15, -0.1) is 0 Å². The number of nitrogens with zero attached hydrogens (tertiary/aromatic N) is 4. The topological polar surface area (TPSA) is 140 Å². The molecule has 5 rings (SSSR count). The number of rotatable bonds is 9. The van der Waals surface area contributed by atoms with Crippen molar-refractivity contribution in [3.05, 3.63) is 69.0 Å². The summed E-state index contributed by atoms with van der Waals surface area (Å²) >= 11 is 0. The minimum absolute atomic E-state index is 0.00236. The quantitative estimate of drug-likeness (QED) is 0.361. The minimum atomic E-state index is -0.619. The number of fused-ring (bicyclic) bond motifs is 2. The Labute approximate surface area is 210 Å². The lowest BCUT2D eigenvalue weighted by Crippen LogP contribution is -2.42. The van der Waals surface area contributed by atoms with Gasteiger partial charge in [-0.3, -0.25) is 18.7 Å². The Balaban J connectivity index is 1.49. The number of carbonyl (C=O) groups is 1. The summed E-state index contributed by atoms with van der Waals surface area (Å²) in [6.45, 7) is 3.75. The van der Waals surface area contributed by atoms with Gasteiger partial charge in [-0.25, -0.2) is 4.79 Å². The first-order valence-corrected chi connectivity index (χ1v) is 11.8. The van der Waals surface area contributed by atoms with Crippen molar-refractivity contribution in [3.63, 3.8) is 0 Å². The van der Waals surface area contributed by atoms with Crippen molar-refractivity contribution in [1.82, 2.24) is 19.3 Å². The number of aromatic nitrogens is 4. The number of para-hydroxylation sites is 2. The molecule has 0 aliphatic carbocycles. The van der Waals surface area contributed by atoms with Gasteiger partial charge >= 0.3 is 5.69 Å². The van der Waals surface area contributed by atoms with Crippen molar-refractivity contribution in [1.29, 1.82) is 0 Å². The molecule has 2 aromatic heterocycles. The fourth-order valence-corrected chi connectivity index (χ4v) is 4.17. The van der Waals surface area contributed by atoms with Crippen LogP contribution in [0.1, 0.15) is 25.1 Å². The third-order valence-electron chi connectivity index (χ3n) is 5.82. The molecule has 3 heterocycles. The maximum Gasteiger partial charge on any atom is 0.331 e. The number of benzene rings is 2. The van der Waals surface area contributed by atoms with Gasteiger partial charge in [-0.1, -0.05) is 17.3 Å². The molecule has 12 heteroatoms. The zero-order valence-electron chi connectivity index (χ0n) is 20.4. The van der Waals surface area contributed by atoms with E-state index in [4.69, 9.17) is 18.7 Å². The second kappa shape index (κ2) is 10.2. The van der Waals surface area contributed by atoms with Crippen molar-refractivity contribution in [2.75, 3.05) is 18.7 Å². The van der Waals surface area contributed by atoms with Gasteiger partial charge in [0.1, 0.15) is 12.3 Å². The molecule has 37 heavy (non-hydrogen) atoms. The molecule has 4 aromatic rings. The third-order valence-corrected chi connectivity index (χ3v) is 5.82. The van der Waals surface area contributed by atoms with E-state index in [2.05, 4.69) is 15.5 Å². The summed E-state index contributed by atoms with van der Waals surface area (Å²) in [5.74, 6) is 1.78. The summed E-state index contributed by atoms with van der Waals surface area (Å²) in [4.78, 5) is 44.1. The van der Waals surface area contributed by atoms with E-state index in [0.717, 1.165) is 4.57 Å². The molecule has 1 aliphatic heterocycles. The largest absolute Gasteiger partial charge is 0.492 e. The molecule has 0 atom stereocenters. The molecule has 0 saturated carbocycles. The lowest BCUT2D eigenvalue weighted by Gasteiger charge is -2.15. The molecule has 0 radical (unpaired) electrons. The summed E-state index contributed by atoms with van der Waals surface area (Å²) in [5.41, 5.74) is -0.353. The van der Waals surface area contributed by atoms with Crippen LogP contribution >= 0.6 is 0 Å². The SMILES string of the molecule is CCOc1ccccc1NC(=O)Cn1c(=O)n(CCCc2nc(C)no2)c(=O)c2cc3c(cc21)OCO3. The van der Waals surface area contributed by atoms with Gasteiger partial charge < -0.3 is 24.1 Å². The van der Waals surface area contributed by atoms with Crippen molar-refractivity contribution < 1.29 is 23.5 Å². The van der Waals surface area contributed by atoms with Crippen LogP contribution in [-0.4, -0.2) is 38.6 Å². The number of carbonyl (C=O) groups excluding carboxylic acids is 1. The first-order valence-electron chi connectivity index (χ1n) is 11.8. The van der Waals surface area contributed by atoms with Gasteiger partial charge in [0, 0.05) is 19.0 Å². The highest BCUT2D eigenvalue weighted by Gasteiger charge is 2.22. The number of hydrogen-bond acceptors (Lipinski definition) is 9. The number of aryl methyl sites for hydroxylation is 2. The predicted octanol–water partition coefficient (Wildman–Crippen LogP) is 2.25. The van der Waals surface area contributed by atoms with Gasteiger partial charge in [0.2, 0.25) is 18.6 Å². The fourth-order valence-electron chi connectivity index (χ4n) is 4.17. The Hall–Kier alpha value is -4.61. The van der Waals surface area contributed by atoms with E-state index in [1.54, 1.807) is 37.3 Å². The van der Waals surface area contributed by atoms with Crippen LogP contribution in [0.5, 0.6) is 17.2 Å². The highest BCUT2D eigenvalue weighted by molar-refractivity contribution is 5.93. The molecule has 1 N–H and O–H groups in total. The van der Waals surface area contributed by atoms with Crippen LogP contribution in [0.2, 0.25) is 0 Å². The molecule has 0 saturated heterocycles. The van der Waals surface area contributed by atoms with Crippen molar-refractivity contribution in [2.24, 2.45) is 0 Å². The van der Waals surface area contributed by atoms with Crippen molar-refractivity contribution >= 4 is 22.5 Å². The average Bonchev–Trinajstić information content (AvgIpc) is 3.52. The molecule has 0 fully saturated rings. The maximum atomic E-state index is 13.5. The Morgan fingerprint density at radius 3 is 2.68 bits per heavy atom. The van der Waals surface area contributed by atoms with E-state index in [0.29, 0.717) is 54.1 Å². The van der Waals surface area contributed by atoms with Gasteiger partial charge in [0.05, 0.1) is 23.2 Å². The van der Waals surface area contributed by atoms with Gasteiger partial charge in [-0.2, -0.15) is 4.98 Å². The molecule has 12 nitrogen and oxygen atoms in total. The Morgan fingerprint density at radius 2 is 1.92 bits per heavy atom. The smallest absolute Gasteiger partial charge is 0.331 e. The van der Waals surface area contributed by atoms with E-state index in [-0.39, 0.29) is 30.8 Å².